The van der Waals surface area contributed by atoms with Crippen LogP contribution in [-0.4, -0.2) is 20.1 Å². The number of methoxy groups -OCH3 is 1. The third-order valence-electron chi connectivity index (χ3n) is 1.81. The van der Waals surface area contributed by atoms with Crippen molar-refractivity contribution in [2.24, 2.45) is 0 Å². The molecule has 0 saturated heterocycles. The highest BCUT2D eigenvalue weighted by molar-refractivity contribution is 5.47. The first kappa shape index (κ1) is 11.7. The predicted octanol–water partition coefficient (Wildman–Crippen LogP) is 2.06. The van der Waals surface area contributed by atoms with E-state index in [-0.39, 0.29) is 6.61 Å². The summed E-state index contributed by atoms with van der Waals surface area (Å²) in [5.74, 6) is 0.582. The van der Waals surface area contributed by atoms with Gasteiger partial charge in [-0.2, -0.15) is 0 Å². The smallest absolute Gasteiger partial charge is 0.261 e. The number of nitrogen functional groups attached to an aromatic ring is 1. The van der Waals surface area contributed by atoms with Crippen molar-refractivity contribution in [1.29, 1.82) is 0 Å². The average molecular weight is 217 g/mol. The normalized spacial score (nSPS) is 10.7. The fourth-order valence-electron chi connectivity index (χ4n) is 1.17. The maximum absolute atomic E-state index is 11.8. The van der Waals surface area contributed by atoms with Gasteiger partial charge in [0.2, 0.25) is 0 Å². The van der Waals surface area contributed by atoms with Crippen LogP contribution in [-0.2, 0) is 11.3 Å². The number of hydrogen-bond donors (Lipinski definition) is 1. The molecule has 0 unspecified atom stereocenters. The van der Waals surface area contributed by atoms with Crippen molar-refractivity contribution >= 4 is 5.69 Å². The summed E-state index contributed by atoms with van der Waals surface area (Å²) in [4.78, 5) is 0. The van der Waals surface area contributed by atoms with E-state index in [4.69, 9.17) is 15.2 Å². The van der Waals surface area contributed by atoms with E-state index in [0.29, 0.717) is 17.0 Å². The molecule has 0 fully saturated rings. The highest BCUT2D eigenvalue weighted by Gasteiger charge is 2.06. The minimum atomic E-state index is -2.46. The van der Waals surface area contributed by atoms with Crippen LogP contribution in [0.3, 0.4) is 0 Å². The molecule has 0 saturated carbocycles. The molecule has 84 valence electrons. The van der Waals surface area contributed by atoms with E-state index in [1.54, 1.807) is 18.2 Å². The zero-order valence-corrected chi connectivity index (χ0v) is 8.37. The Morgan fingerprint density at radius 1 is 1.40 bits per heavy atom. The number of anilines is 1. The topological polar surface area (TPSA) is 44.5 Å². The Morgan fingerprint density at radius 3 is 2.73 bits per heavy atom. The van der Waals surface area contributed by atoms with Gasteiger partial charge in [-0.05, 0) is 18.2 Å². The monoisotopic (exact) mass is 217 g/mol. The fraction of sp³-hybridized carbons (Fsp3) is 0.400. The number of hydrogen-bond acceptors (Lipinski definition) is 3. The quantitative estimate of drug-likeness (QED) is 0.768. The Kier molecular flexibility index (Phi) is 4.30. The molecule has 15 heavy (non-hydrogen) atoms. The summed E-state index contributed by atoms with van der Waals surface area (Å²) in [7, 11) is 1.50. The summed E-state index contributed by atoms with van der Waals surface area (Å²) >= 11 is 0. The van der Waals surface area contributed by atoms with Gasteiger partial charge in [0.1, 0.15) is 12.4 Å². The first-order valence-electron chi connectivity index (χ1n) is 4.41. The van der Waals surface area contributed by atoms with Gasteiger partial charge >= 0.3 is 0 Å². The second-order valence-corrected chi connectivity index (χ2v) is 2.98. The van der Waals surface area contributed by atoms with Crippen molar-refractivity contribution in [3.8, 4) is 5.75 Å². The molecule has 1 aromatic carbocycles. The molecule has 0 aliphatic heterocycles. The standard InChI is InChI=1S/C10H13F2NO2/c1-14-9-3-2-8(13)4-7(9)5-15-6-10(11)12/h2-4,10H,5-6,13H2,1H3. The van der Waals surface area contributed by atoms with Crippen LogP contribution < -0.4 is 10.5 Å². The van der Waals surface area contributed by atoms with E-state index in [2.05, 4.69) is 0 Å². The van der Waals surface area contributed by atoms with E-state index >= 15 is 0 Å². The van der Waals surface area contributed by atoms with Gasteiger partial charge in [0.15, 0.2) is 0 Å². The zero-order valence-electron chi connectivity index (χ0n) is 8.37. The zero-order chi connectivity index (χ0) is 11.3. The maximum Gasteiger partial charge on any atom is 0.261 e. The van der Waals surface area contributed by atoms with Gasteiger partial charge in [-0.3, -0.25) is 0 Å². The number of benzene rings is 1. The van der Waals surface area contributed by atoms with E-state index in [1.807, 2.05) is 0 Å². The van der Waals surface area contributed by atoms with Crippen molar-refractivity contribution in [2.45, 2.75) is 13.0 Å². The number of halogens is 2. The van der Waals surface area contributed by atoms with Gasteiger partial charge in [-0.25, -0.2) is 8.78 Å². The van der Waals surface area contributed by atoms with Gasteiger partial charge in [0.25, 0.3) is 6.43 Å². The minimum Gasteiger partial charge on any atom is -0.496 e. The lowest BCUT2D eigenvalue weighted by Gasteiger charge is -2.09. The van der Waals surface area contributed by atoms with Crippen LogP contribution in [0.15, 0.2) is 18.2 Å². The van der Waals surface area contributed by atoms with Crippen molar-refractivity contribution < 1.29 is 18.3 Å². The van der Waals surface area contributed by atoms with Crippen molar-refractivity contribution in [2.75, 3.05) is 19.5 Å². The Balaban J connectivity index is 2.62. The second kappa shape index (κ2) is 5.50. The van der Waals surface area contributed by atoms with Crippen molar-refractivity contribution in [1.82, 2.24) is 0 Å². The fourth-order valence-corrected chi connectivity index (χ4v) is 1.17. The van der Waals surface area contributed by atoms with E-state index in [1.165, 1.54) is 7.11 Å². The molecule has 3 nitrogen and oxygen atoms in total. The Labute approximate surface area is 86.8 Å². The van der Waals surface area contributed by atoms with Gasteiger partial charge in [0, 0.05) is 11.3 Å². The van der Waals surface area contributed by atoms with Gasteiger partial charge in [-0.15, -0.1) is 0 Å². The van der Waals surface area contributed by atoms with Gasteiger partial charge < -0.3 is 15.2 Å². The SMILES string of the molecule is COc1ccc(N)cc1COCC(F)F. The predicted molar refractivity (Wildman–Crippen MR) is 53.1 cm³/mol. The van der Waals surface area contributed by atoms with Crippen molar-refractivity contribution in [3.63, 3.8) is 0 Å². The molecule has 0 radical (unpaired) electrons. The van der Waals surface area contributed by atoms with Crippen molar-refractivity contribution in [3.05, 3.63) is 23.8 Å². The molecule has 2 N–H and O–H groups in total. The molecule has 0 aliphatic carbocycles. The van der Waals surface area contributed by atoms with Crippen LogP contribution >= 0.6 is 0 Å². The molecule has 0 amide bonds. The van der Waals surface area contributed by atoms with E-state index < -0.39 is 13.0 Å². The van der Waals surface area contributed by atoms with Gasteiger partial charge in [0.05, 0.1) is 13.7 Å². The molecule has 0 atom stereocenters. The lowest BCUT2D eigenvalue weighted by Crippen LogP contribution is -2.05. The van der Waals surface area contributed by atoms with Crippen LogP contribution in [0.1, 0.15) is 5.56 Å². The van der Waals surface area contributed by atoms with Crippen LogP contribution in [0.25, 0.3) is 0 Å². The van der Waals surface area contributed by atoms with Crippen LogP contribution in [0, 0.1) is 0 Å². The van der Waals surface area contributed by atoms with E-state index in [9.17, 15) is 8.78 Å². The highest BCUT2D eigenvalue weighted by atomic mass is 19.3. The maximum atomic E-state index is 11.8. The Hall–Kier alpha value is -1.36. The van der Waals surface area contributed by atoms with Gasteiger partial charge in [-0.1, -0.05) is 0 Å². The molecule has 1 aromatic rings. The first-order valence-corrected chi connectivity index (χ1v) is 4.41. The molecule has 0 aliphatic rings. The number of rotatable bonds is 5. The minimum absolute atomic E-state index is 0.0680. The molecular formula is C10H13F2NO2. The lowest BCUT2D eigenvalue weighted by molar-refractivity contribution is 0.00934. The molecule has 5 heteroatoms. The average Bonchev–Trinajstić information content (AvgIpc) is 2.17. The Morgan fingerprint density at radius 2 is 2.13 bits per heavy atom. The third-order valence-corrected chi connectivity index (χ3v) is 1.81. The molecular weight excluding hydrogens is 204 g/mol. The Bertz CT molecular complexity index is 318. The number of nitrogens with two attached hydrogens (primary N) is 1. The number of ether oxygens (including phenoxy) is 2. The molecule has 0 spiro atoms. The summed E-state index contributed by atoms with van der Waals surface area (Å²) < 4.78 is 33.5. The second-order valence-electron chi connectivity index (χ2n) is 2.98. The molecule has 0 heterocycles. The molecule has 0 aromatic heterocycles. The molecule has 0 bridgehead atoms. The van der Waals surface area contributed by atoms with Crippen LogP contribution in [0.2, 0.25) is 0 Å². The third kappa shape index (κ3) is 3.71. The largest absolute Gasteiger partial charge is 0.496 e. The van der Waals surface area contributed by atoms with Crippen LogP contribution in [0.4, 0.5) is 14.5 Å². The highest BCUT2D eigenvalue weighted by Crippen LogP contribution is 2.21. The van der Waals surface area contributed by atoms with E-state index in [0.717, 1.165) is 0 Å². The first-order chi connectivity index (χ1) is 7.13. The summed E-state index contributed by atoms with van der Waals surface area (Å²) in [6, 6.07) is 5.00. The number of alkyl halides is 2. The van der Waals surface area contributed by atoms with Crippen LogP contribution in [0.5, 0.6) is 5.75 Å². The summed E-state index contributed by atoms with van der Waals surface area (Å²) in [5.41, 5.74) is 6.77. The summed E-state index contributed by atoms with van der Waals surface area (Å²) in [6.45, 7) is -0.517. The lowest BCUT2D eigenvalue weighted by atomic mass is 10.2. The summed E-state index contributed by atoms with van der Waals surface area (Å²) in [6.07, 6.45) is -2.46. The summed E-state index contributed by atoms with van der Waals surface area (Å²) in [5, 5.41) is 0. The molecule has 1 rings (SSSR count).